The number of rotatable bonds is 2. The van der Waals surface area contributed by atoms with Crippen molar-refractivity contribution in [3.8, 4) is 0 Å². The molecule has 1 saturated heterocycles. The fourth-order valence-electron chi connectivity index (χ4n) is 2.93. The van der Waals surface area contributed by atoms with Gasteiger partial charge in [-0.05, 0) is 31.4 Å². The Morgan fingerprint density at radius 3 is 2.57 bits per heavy atom. The van der Waals surface area contributed by atoms with Crippen LogP contribution in [-0.2, 0) is 4.79 Å². The predicted molar refractivity (Wildman–Crippen MR) is 88.4 cm³/mol. The van der Waals surface area contributed by atoms with Crippen LogP contribution in [0, 0.1) is 5.92 Å². The number of halogens is 1. The molecule has 1 N–H and O–H groups in total. The highest BCUT2D eigenvalue weighted by molar-refractivity contribution is 6.32. The maximum absolute atomic E-state index is 12.4. The van der Waals surface area contributed by atoms with E-state index in [1.807, 2.05) is 4.90 Å². The molecule has 1 aromatic rings. The standard InChI is InChI=1S/C16H21ClN4O2/c17-14-13(6-2-7-18-14)19-16(23)21-9-3-8-20(10-11-21)15(22)12-4-1-5-12/h2,6-7,12H,1,3-5,8-11H2,(H,19,23). The summed E-state index contributed by atoms with van der Waals surface area (Å²) in [4.78, 5) is 32.3. The van der Waals surface area contributed by atoms with Crippen LogP contribution in [0.3, 0.4) is 0 Å². The molecular formula is C16H21ClN4O2. The number of urea groups is 1. The van der Waals surface area contributed by atoms with Crippen molar-refractivity contribution in [2.24, 2.45) is 5.92 Å². The minimum absolute atomic E-state index is 0.196. The van der Waals surface area contributed by atoms with Crippen molar-refractivity contribution in [1.82, 2.24) is 14.8 Å². The summed E-state index contributed by atoms with van der Waals surface area (Å²) in [5, 5.41) is 3.06. The Morgan fingerprint density at radius 2 is 1.87 bits per heavy atom. The first-order valence-electron chi connectivity index (χ1n) is 8.10. The topological polar surface area (TPSA) is 65.5 Å². The van der Waals surface area contributed by atoms with Gasteiger partial charge < -0.3 is 15.1 Å². The SMILES string of the molecule is O=C(Nc1cccnc1Cl)N1CCCN(C(=O)C2CCC2)CC1. The Kier molecular flexibility index (Phi) is 5.00. The van der Waals surface area contributed by atoms with Crippen LogP contribution in [0.1, 0.15) is 25.7 Å². The number of nitrogens with zero attached hydrogens (tertiary/aromatic N) is 3. The third kappa shape index (κ3) is 3.75. The molecular weight excluding hydrogens is 316 g/mol. The van der Waals surface area contributed by atoms with E-state index in [9.17, 15) is 9.59 Å². The van der Waals surface area contributed by atoms with E-state index in [0.717, 1.165) is 32.2 Å². The molecule has 2 aliphatic rings. The average Bonchev–Trinajstić information content (AvgIpc) is 2.74. The third-order valence-corrected chi connectivity index (χ3v) is 4.85. The van der Waals surface area contributed by atoms with Crippen molar-refractivity contribution in [2.45, 2.75) is 25.7 Å². The van der Waals surface area contributed by atoms with Crippen LogP contribution in [0.5, 0.6) is 0 Å². The van der Waals surface area contributed by atoms with Crippen molar-refractivity contribution in [1.29, 1.82) is 0 Å². The third-order valence-electron chi connectivity index (χ3n) is 4.55. The summed E-state index contributed by atoms with van der Waals surface area (Å²) >= 11 is 5.96. The van der Waals surface area contributed by atoms with Gasteiger partial charge in [0.2, 0.25) is 5.91 Å². The van der Waals surface area contributed by atoms with Gasteiger partial charge in [0.1, 0.15) is 0 Å². The van der Waals surface area contributed by atoms with Crippen molar-refractivity contribution in [3.63, 3.8) is 0 Å². The van der Waals surface area contributed by atoms with Crippen LogP contribution >= 0.6 is 11.6 Å². The van der Waals surface area contributed by atoms with Crippen molar-refractivity contribution in [3.05, 3.63) is 23.5 Å². The van der Waals surface area contributed by atoms with Crippen LogP contribution in [0.4, 0.5) is 10.5 Å². The number of carbonyl (C=O) groups excluding carboxylic acids is 2. The lowest BCUT2D eigenvalue weighted by molar-refractivity contribution is -0.138. The Bertz CT molecular complexity index is 591. The van der Waals surface area contributed by atoms with Gasteiger partial charge in [0, 0.05) is 38.3 Å². The van der Waals surface area contributed by atoms with Gasteiger partial charge >= 0.3 is 6.03 Å². The molecule has 0 aromatic carbocycles. The Morgan fingerprint density at radius 1 is 1.13 bits per heavy atom. The molecule has 0 radical (unpaired) electrons. The van der Waals surface area contributed by atoms with Crippen LogP contribution in [0.25, 0.3) is 0 Å². The van der Waals surface area contributed by atoms with Gasteiger partial charge in [-0.3, -0.25) is 4.79 Å². The van der Waals surface area contributed by atoms with E-state index in [2.05, 4.69) is 10.3 Å². The van der Waals surface area contributed by atoms with E-state index in [1.165, 1.54) is 0 Å². The molecule has 3 amide bonds. The predicted octanol–water partition coefficient (Wildman–Crippen LogP) is 2.60. The highest BCUT2D eigenvalue weighted by atomic mass is 35.5. The number of hydrogen-bond acceptors (Lipinski definition) is 3. The summed E-state index contributed by atoms with van der Waals surface area (Å²) in [6.45, 7) is 2.51. The molecule has 1 saturated carbocycles. The monoisotopic (exact) mass is 336 g/mol. The van der Waals surface area contributed by atoms with Crippen LogP contribution in [0.15, 0.2) is 18.3 Å². The molecule has 1 aromatic heterocycles. The van der Waals surface area contributed by atoms with E-state index in [0.29, 0.717) is 25.3 Å². The average molecular weight is 337 g/mol. The fourth-order valence-corrected chi connectivity index (χ4v) is 3.09. The summed E-state index contributed by atoms with van der Waals surface area (Å²) in [5.41, 5.74) is 0.505. The van der Waals surface area contributed by atoms with Gasteiger partial charge in [0.05, 0.1) is 5.69 Å². The van der Waals surface area contributed by atoms with E-state index < -0.39 is 0 Å². The first-order valence-corrected chi connectivity index (χ1v) is 8.48. The second-order valence-electron chi connectivity index (χ2n) is 6.07. The molecule has 2 heterocycles. The first-order chi connectivity index (χ1) is 11.1. The molecule has 1 aliphatic carbocycles. The molecule has 6 nitrogen and oxygen atoms in total. The Hall–Kier alpha value is -1.82. The highest BCUT2D eigenvalue weighted by Gasteiger charge is 2.30. The lowest BCUT2D eigenvalue weighted by atomic mass is 9.84. The number of carbonyl (C=O) groups is 2. The van der Waals surface area contributed by atoms with Gasteiger partial charge in [0.25, 0.3) is 0 Å². The number of amides is 3. The molecule has 0 spiro atoms. The minimum atomic E-state index is -0.196. The highest BCUT2D eigenvalue weighted by Crippen LogP contribution is 2.28. The van der Waals surface area contributed by atoms with Crippen molar-refractivity contribution >= 4 is 29.2 Å². The first kappa shape index (κ1) is 16.1. The molecule has 0 bridgehead atoms. The summed E-state index contributed by atoms with van der Waals surface area (Å²) in [7, 11) is 0. The van der Waals surface area contributed by atoms with E-state index in [4.69, 9.17) is 11.6 Å². The molecule has 3 rings (SSSR count). The van der Waals surface area contributed by atoms with Crippen LogP contribution in [-0.4, -0.2) is 52.9 Å². The molecule has 1 aliphatic heterocycles. The van der Waals surface area contributed by atoms with Gasteiger partial charge in [-0.15, -0.1) is 0 Å². The number of hydrogen-bond donors (Lipinski definition) is 1. The van der Waals surface area contributed by atoms with Crippen LogP contribution < -0.4 is 5.32 Å². The number of nitrogens with one attached hydrogen (secondary N) is 1. The number of anilines is 1. The maximum Gasteiger partial charge on any atom is 0.321 e. The van der Waals surface area contributed by atoms with E-state index >= 15 is 0 Å². The van der Waals surface area contributed by atoms with Crippen molar-refractivity contribution in [2.75, 3.05) is 31.5 Å². The maximum atomic E-state index is 12.4. The van der Waals surface area contributed by atoms with E-state index in [-0.39, 0.29) is 23.0 Å². The Balaban J connectivity index is 1.56. The molecule has 0 unspecified atom stereocenters. The van der Waals surface area contributed by atoms with Gasteiger partial charge in [0.15, 0.2) is 5.15 Å². The second-order valence-corrected chi connectivity index (χ2v) is 6.42. The quantitative estimate of drug-likeness (QED) is 0.844. The van der Waals surface area contributed by atoms with Crippen LogP contribution in [0.2, 0.25) is 5.15 Å². The van der Waals surface area contributed by atoms with Gasteiger partial charge in [-0.25, -0.2) is 9.78 Å². The zero-order valence-corrected chi connectivity index (χ0v) is 13.8. The van der Waals surface area contributed by atoms with Crippen molar-refractivity contribution < 1.29 is 9.59 Å². The molecule has 7 heteroatoms. The normalized spacial score (nSPS) is 19.0. The van der Waals surface area contributed by atoms with Gasteiger partial charge in [-0.2, -0.15) is 0 Å². The second kappa shape index (κ2) is 7.17. The summed E-state index contributed by atoms with van der Waals surface area (Å²) in [6.07, 6.45) is 5.56. The zero-order valence-electron chi connectivity index (χ0n) is 13.0. The largest absolute Gasteiger partial charge is 0.341 e. The molecule has 0 atom stereocenters. The fraction of sp³-hybridized carbons (Fsp3) is 0.562. The van der Waals surface area contributed by atoms with E-state index in [1.54, 1.807) is 23.2 Å². The minimum Gasteiger partial charge on any atom is -0.341 e. The molecule has 23 heavy (non-hydrogen) atoms. The summed E-state index contributed by atoms with van der Waals surface area (Å²) in [5.74, 6) is 0.471. The Labute approximate surface area is 140 Å². The number of aromatic nitrogens is 1. The molecule has 124 valence electrons. The molecule has 2 fully saturated rings. The van der Waals surface area contributed by atoms with Gasteiger partial charge in [-0.1, -0.05) is 18.0 Å². The lowest BCUT2D eigenvalue weighted by Gasteiger charge is -2.31. The number of pyridine rings is 1. The smallest absolute Gasteiger partial charge is 0.321 e. The summed E-state index contributed by atoms with van der Waals surface area (Å²) < 4.78 is 0. The zero-order chi connectivity index (χ0) is 16.2. The summed E-state index contributed by atoms with van der Waals surface area (Å²) in [6, 6.07) is 3.25. The lowest BCUT2D eigenvalue weighted by Crippen LogP contribution is -2.42.